The Morgan fingerprint density at radius 2 is 2.03 bits per heavy atom. The van der Waals surface area contributed by atoms with Gasteiger partial charge >= 0.3 is 6.01 Å². The van der Waals surface area contributed by atoms with Gasteiger partial charge in [0, 0.05) is 24.1 Å². The number of ether oxygens (including phenoxy) is 1. The van der Waals surface area contributed by atoms with Crippen molar-refractivity contribution in [3.63, 3.8) is 0 Å². The molecule has 148 valence electrons. The third-order valence-electron chi connectivity index (χ3n) is 5.26. The number of aromatic hydroxyl groups is 1. The summed E-state index contributed by atoms with van der Waals surface area (Å²) >= 11 is 0. The second-order valence-corrected chi connectivity index (χ2v) is 7.35. The van der Waals surface area contributed by atoms with E-state index in [4.69, 9.17) is 4.74 Å². The predicted molar refractivity (Wildman–Crippen MR) is 117 cm³/mol. The fourth-order valence-electron chi connectivity index (χ4n) is 3.74. The van der Waals surface area contributed by atoms with Crippen LogP contribution in [0.15, 0.2) is 67.5 Å². The summed E-state index contributed by atoms with van der Waals surface area (Å²) in [5.74, 6) is 0.510. The largest absolute Gasteiger partial charge is 0.493 e. The van der Waals surface area contributed by atoms with E-state index in [0.29, 0.717) is 16.7 Å². The number of nitrogens with zero attached hydrogens (tertiary/aromatic N) is 4. The number of benzene rings is 2. The molecular formula is C24H20N4O2. The highest BCUT2D eigenvalue weighted by molar-refractivity contribution is 5.82. The number of fused-ring (bicyclic) bond motifs is 2. The van der Waals surface area contributed by atoms with E-state index in [2.05, 4.69) is 50.7 Å². The van der Waals surface area contributed by atoms with Gasteiger partial charge in [-0.2, -0.15) is 9.97 Å². The fraction of sp³-hybridized carbons (Fsp3) is 0.125. The highest BCUT2D eigenvalue weighted by Gasteiger charge is 2.21. The summed E-state index contributed by atoms with van der Waals surface area (Å²) in [6.07, 6.45) is 4.07. The number of aromatic nitrogens is 3. The lowest BCUT2D eigenvalue weighted by Crippen LogP contribution is -2.13. The van der Waals surface area contributed by atoms with E-state index in [9.17, 15) is 5.11 Å². The average Bonchev–Trinajstić information content (AvgIpc) is 3.17. The molecule has 0 spiro atoms. The Labute approximate surface area is 174 Å². The molecule has 0 fully saturated rings. The maximum absolute atomic E-state index is 10.1. The summed E-state index contributed by atoms with van der Waals surface area (Å²) in [7, 11) is 0. The number of pyridine rings is 1. The molecule has 0 radical (unpaired) electrons. The normalized spacial score (nSPS) is 12.8. The molecule has 0 aliphatic carbocycles. The van der Waals surface area contributed by atoms with Crippen molar-refractivity contribution in [3.8, 4) is 17.6 Å². The van der Waals surface area contributed by atoms with Gasteiger partial charge in [0.25, 0.3) is 0 Å². The number of hydrogen-bond donors (Lipinski definition) is 1. The van der Waals surface area contributed by atoms with Gasteiger partial charge in [0.05, 0.1) is 17.1 Å². The highest BCUT2D eigenvalue weighted by atomic mass is 16.5. The minimum absolute atomic E-state index is 0.0944. The van der Waals surface area contributed by atoms with Gasteiger partial charge in [0.15, 0.2) is 0 Å². The van der Waals surface area contributed by atoms with Gasteiger partial charge in [-0.15, -0.1) is 0 Å². The third kappa shape index (κ3) is 3.22. The lowest BCUT2D eigenvalue weighted by molar-refractivity contribution is 0.412. The molecule has 1 aliphatic rings. The minimum Gasteiger partial charge on any atom is -0.493 e. The zero-order valence-corrected chi connectivity index (χ0v) is 16.5. The van der Waals surface area contributed by atoms with Crippen LogP contribution in [-0.4, -0.2) is 26.6 Å². The molecule has 0 unspecified atom stereocenters. The Morgan fingerprint density at radius 3 is 2.90 bits per heavy atom. The fourth-order valence-corrected chi connectivity index (χ4v) is 3.74. The summed E-state index contributed by atoms with van der Waals surface area (Å²) < 4.78 is 5.84. The maximum atomic E-state index is 10.1. The van der Waals surface area contributed by atoms with Crippen LogP contribution in [0, 0.1) is 0 Å². The van der Waals surface area contributed by atoms with Gasteiger partial charge in [0.2, 0.25) is 5.88 Å². The van der Waals surface area contributed by atoms with Crippen molar-refractivity contribution >= 4 is 27.9 Å². The zero-order valence-electron chi connectivity index (χ0n) is 16.5. The van der Waals surface area contributed by atoms with Crippen LogP contribution in [0.5, 0.6) is 17.6 Å². The van der Waals surface area contributed by atoms with E-state index in [-0.39, 0.29) is 11.9 Å². The quantitative estimate of drug-likeness (QED) is 0.508. The van der Waals surface area contributed by atoms with Crippen LogP contribution in [0.1, 0.15) is 18.1 Å². The molecule has 0 saturated heterocycles. The molecule has 30 heavy (non-hydrogen) atoms. The lowest BCUT2D eigenvalue weighted by atomic mass is 10.1. The van der Waals surface area contributed by atoms with Crippen molar-refractivity contribution in [2.45, 2.75) is 13.3 Å². The Bertz CT molecular complexity index is 1290. The minimum atomic E-state index is -0.123. The molecule has 1 aliphatic heterocycles. The molecule has 0 saturated carbocycles. The van der Waals surface area contributed by atoms with Crippen LogP contribution < -0.4 is 9.64 Å². The van der Waals surface area contributed by atoms with E-state index in [0.717, 1.165) is 35.5 Å². The van der Waals surface area contributed by atoms with E-state index in [1.807, 2.05) is 25.1 Å². The second-order valence-electron chi connectivity index (χ2n) is 7.35. The molecule has 6 nitrogen and oxygen atoms in total. The van der Waals surface area contributed by atoms with Crippen molar-refractivity contribution < 1.29 is 9.84 Å². The highest BCUT2D eigenvalue weighted by Crippen LogP contribution is 2.38. The lowest BCUT2D eigenvalue weighted by Gasteiger charge is -2.20. The summed E-state index contributed by atoms with van der Waals surface area (Å²) in [6, 6.07) is 16.1. The topological polar surface area (TPSA) is 71.4 Å². The van der Waals surface area contributed by atoms with E-state index in [1.54, 1.807) is 18.5 Å². The number of anilines is 2. The first-order chi connectivity index (χ1) is 14.6. The van der Waals surface area contributed by atoms with Gasteiger partial charge in [-0.3, -0.25) is 4.98 Å². The van der Waals surface area contributed by atoms with Crippen LogP contribution in [0.4, 0.5) is 11.4 Å². The monoisotopic (exact) mass is 396 g/mol. The van der Waals surface area contributed by atoms with Crippen LogP contribution in [0.3, 0.4) is 0 Å². The number of allylic oxidation sites excluding steroid dienone is 1. The van der Waals surface area contributed by atoms with Crippen LogP contribution in [0.25, 0.3) is 16.5 Å². The molecular weight excluding hydrogens is 376 g/mol. The standard InChI is InChI=1S/C24H20N4O2/c1-15(2)16-4-3-5-18(12-16)28-11-9-17-13-19(6-7-22(17)28)30-24-26-21-14-25-10-8-20(21)23(29)27-24/h3-8,10,12-14H,1,9,11H2,2H3,(H,26,27,29). The van der Waals surface area contributed by atoms with Crippen molar-refractivity contribution in [1.82, 2.24) is 15.0 Å². The van der Waals surface area contributed by atoms with E-state index >= 15 is 0 Å². The van der Waals surface area contributed by atoms with Crippen LogP contribution in [-0.2, 0) is 6.42 Å². The summed E-state index contributed by atoms with van der Waals surface area (Å²) in [6.45, 7) is 6.96. The van der Waals surface area contributed by atoms with Gasteiger partial charge in [-0.05, 0) is 60.9 Å². The van der Waals surface area contributed by atoms with Crippen molar-refractivity contribution in [2.75, 3.05) is 11.4 Å². The maximum Gasteiger partial charge on any atom is 0.325 e. The average molecular weight is 396 g/mol. The summed E-state index contributed by atoms with van der Waals surface area (Å²) in [4.78, 5) is 14.7. The smallest absolute Gasteiger partial charge is 0.325 e. The van der Waals surface area contributed by atoms with Gasteiger partial charge < -0.3 is 14.7 Å². The van der Waals surface area contributed by atoms with Gasteiger partial charge in [0.1, 0.15) is 5.75 Å². The number of hydrogen-bond acceptors (Lipinski definition) is 6. The summed E-state index contributed by atoms with van der Waals surface area (Å²) in [5.41, 5.74) is 6.23. The van der Waals surface area contributed by atoms with E-state index < -0.39 is 0 Å². The molecule has 0 atom stereocenters. The molecule has 2 aromatic heterocycles. The van der Waals surface area contributed by atoms with Crippen LogP contribution in [0.2, 0.25) is 0 Å². The van der Waals surface area contributed by atoms with Gasteiger partial charge in [-0.1, -0.05) is 24.3 Å². The zero-order chi connectivity index (χ0) is 20.7. The molecule has 4 aromatic rings. The SMILES string of the molecule is C=C(C)c1cccc(N2CCc3cc(Oc4nc(O)c5ccncc5n4)ccc32)c1. The summed E-state index contributed by atoms with van der Waals surface area (Å²) in [5, 5.41) is 10.7. The first kappa shape index (κ1) is 18.1. The van der Waals surface area contributed by atoms with Gasteiger partial charge in [-0.25, -0.2) is 0 Å². The first-order valence-electron chi connectivity index (χ1n) is 9.73. The Kier molecular flexibility index (Phi) is 4.32. The molecule has 1 N–H and O–H groups in total. The molecule has 0 bridgehead atoms. The number of rotatable bonds is 4. The Balaban J connectivity index is 1.43. The molecule has 0 amide bonds. The first-order valence-corrected chi connectivity index (χ1v) is 9.73. The van der Waals surface area contributed by atoms with Crippen molar-refractivity contribution in [2.24, 2.45) is 0 Å². The van der Waals surface area contributed by atoms with Crippen molar-refractivity contribution in [1.29, 1.82) is 0 Å². The Morgan fingerprint density at radius 1 is 1.13 bits per heavy atom. The third-order valence-corrected chi connectivity index (χ3v) is 5.26. The second kappa shape index (κ2) is 7.15. The Hall–Kier alpha value is -3.93. The van der Waals surface area contributed by atoms with E-state index in [1.165, 1.54) is 5.56 Å². The van der Waals surface area contributed by atoms with Crippen LogP contribution >= 0.6 is 0 Å². The molecule has 6 heteroatoms. The molecule has 3 heterocycles. The predicted octanol–water partition coefficient (Wildman–Crippen LogP) is 5.25. The molecule has 2 aromatic carbocycles. The molecule has 5 rings (SSSR count). The van der Waals surface area contributed by atoms with Crippen molar-refractivity contribution in [3.05, 3.63) is 78.6 Å².